The Hall–Kier alpha value is -4.08. The number of rotatable bonds is 6. The molecule has 6 rings (SSSR count). The van der Waals surface area contributed by atoms with Gasteiger partial charge in [-0.2, -0.15) is 0 Å². The molecule has 1 aliphatic heterocycles. The summed E-state index contributed by atoms with van der Waals surface area (Å²) >= 11 is 0. The Morgan fingerprint density at radius 1 is 1.05 bits per heavy atom. The van der Waals surface area contributed by atoms with Gasteiger partial charge >= 0.3 is 0 Å². The van der Waals surface area contributed by atoms with Gasteiger partial charge in [0, 0.05) is 29.4 Å². The Bertz CT molecular complexity index is 1510. The van der Waals surface area contributed by atoms with Gasteiger partial charge in [0.25, 0.3) is 5.91 Å². The first-order chi connectivity index (χ1) is 18.2. The van der Waals surface area contributed by atoms with Crippen molar-refractivity contribution in [2.75, 3.05) is 18.4 Å². The molecule has 2 aromatic carbocycles. The quantitative estimate of drug-likeness (QED) is 0.339. The van der Waals surface area contributed by atoms with E-state index in [1.54, 1.807) is 12.5 Å². The number of hydrogen-bond acceptors (Lipinski definition) is 5. The van der Waals surface area contributed by atoms with E-state index in [-0.39, 0.29) is 11.9 Å². The lowest BCUT2D eigenvalue weighted by molar-refractivity contribution is 0.102. The summed E-state index contributed by atoms with van der Waals surface area (Å²) in [6.45, 7) is 3.69. The number of likely N-dealkylation sites (tertiary alicyclic amines) is 1. The monoisotopic (exact) mass is 487 g/mol. The Balaban J connectivity index is 1.27. The van der Waals surface area contributed by atoms with Crippen molar-refractivity contribution in [2.45, 2.75) is 44.6 Å². The topological polar surface area (TPSA) is 71.0 Å². The zero-order chi connectivity index (χ0) is 25.2. The van der Waals surface area contributed by atoms with E-state index in [1.807, 2.05) is 49.5 Å². The molecule has 184 valence electrons. The lowest BCUT2D eigenvalue weighted by Gasteiger charge is -2.24. The van der Waals surface area contributed by atoms with E-state index in [0.29, 0.717) is 17.3 Å². The van der Waals surface area contributed by atoms with Crippen molar-refractivity contribution in [3.63, 3.8) is 0 Å². The predicted octanol–water partition coefficient (Wildman–Crippen LogP) is 5.98. The number of nitrogens with zero attached hydrogens (tertiary/aromatic N) is 4. The van der Waals surface area contributed by atoms with Crippen LogP contribution in [0.25, 0.3) is 22.0 Å². The summed E-state index contributed by atoms with van der Waals surface area (Å²) in [5.74, 6) is 7.32. The molecule has 0 bridgehead atoms. The van der Waals surface area contributed by atoms with E-state index < -0.39 is 0 Å². The van der Waals surface area contributed by atoms with Crippen LogP contribution in [-0.4, -0.2) is 38.8 Å². The van der Waals surface area contributed by atoms with Crippen molar-refractivity contribution < 1.29 is 4.79 Å². The van der Waals surface area contributed by atoms with Crippen LogP contribution in [0, 0.1) is 11.8 Å². The SMILES string of the molecule is CC#CCN1CCCC1c1cc(-c2ccc(C(=O)Nc3cc(C4CC4)ccn3)cc2)cc2cncnc12. The van der Waals surface area contributed by atoms with Crippen LogP contribution in [-0.2, 0) is 0 Å². The molecule has 1 aliphatic carbocycles. The highest BCUT2D eigenvalue weighted by Crippen LogP contribution is 2.40. The van der Waals surface area contributed by atoms with Crippen LogP contribution in [0.2, 0.25) is 0 Å². The maximum atomic E-state index is 12.9. The molecule has 6 heteroatoms. The van der Waals surface area contributed by atoms with Crippen LogP contribution in [0.3, 0.4) is 0 Å². The summed E-state index contributed by atoms with van der Waals surface area (Å²) in [5, 5.41) is 3.97. The van der Waals surface area contributed by atoms with Crippen molar-refractivity contribution in [3.05, 3.63) is 83.9 Å². The first kappa shape index (κ1) is 23.3. The summed E-state index contributed by atoms with van der Waals surface area (Å²) in [4.78, 5) is 28.6. The summed E-state index contributed by atoms with van der Waals surface area (Å²) in [7, 11) is 0. The first-order valence-corrected chi connectivity index (χ1v) is 12.9. The van der Waals surface area contributed by atoms with E-state index in [4.69, 9.17) is 0 Å². The van der Waals surface area contributed by atoms with Crippen molar-refractivity contribution >= 4 is 22.6 Å². The molecule has 4 aromatic rings. The van der Waals surface area contributed by atoms with Crippen LogP contribution >= 0.6 is 0 Å². The van der Waals surface area contributed by atoms with Crippen molar-refractivity contribution in [1.29, 1.82) is 0 Å². The van der Waals surface area contributed by atoms with Gasteiger partial charge in [-0.1, -0.05) is 18.1 Å². The van der Waals surface area contributed by atoms with Crippen LogP contribution in [0.15, 0.2) is 67.3 Å². The predicted molar refractivity (Wildman–Crippen MR) is 146 cm³/mol. The van der Waals surface area contributed by atoms with Gasteiger partial charge in [0.1, 0.15) is 12.1 Å². The molecule has 0 spiro atoms. The van der Waals surface area contributed by atoms with Crippen LogP contribution in [0.1, 0.15) is 66.1 Å². The number of carbonyl (C=O) groups is 1. The Morgan fingerprint density at radius 3 is 2.73 bits per heavy atom. The van der Waals surface area contributed by atoms with E-state index in [2.05, 4.69) is 49.1 Å². The second-order valence-corrected chi connectivity index (χ2v) is 9.86. The molecular formula is C31H29N5O. The smallest absolute Gasteiger partial charge is 0.256 e. The third-order valence-electron chi connectivity index (χ3n) is 7.37. The average molecular weight is 488 g/mol. The lowest BCUT2D eigenvalue weighted by atomic mass is 9.94. The van der Waals surface area contributed by atoms with E-state index in [1.165, 1.54) is 24.0 Å². The zero-order valence-corrected chi connectivity index (χ0v) is 20.9. The molecule has 2 aliphatic rings. The minimum Gasteiger partial charge on any atom is -0.307 e. The van der Waals surface area contributed by atoms with Crippen molar-refractivity contribution in [3.8, 4) is 23.0 Å². The number of anilines is 1. The molecule has 37 heavy (non-hydrogen) atoms. The standard InChI is InChI=1S/C31H29N5O/c1-2-3-14-36-15-4-5-28(36)27-17-25(16-26-19-32-20-34-30(26)27)22-8-10-23(11-9-22)31(37)35-29-18-24(12-13-33-29)21-6-7-21/h8-13,16-21,28H,4-7,14-15H2,1H3,(H,33,35,37). The fourth-order valence-electron chi connectivity index (χ4n) is 5.29. The summed E-state index contributed by atoms with van der Waals surface area (Å²) in [6.07, 6.45) is 9.94. The average Bonchev–Trinajstić information content (AvgIpc) is 3.69. The zero-order valence-electron chi connectivity index (χ0n) is 20.9. The molecule has 1 saturated heterocycles. The minimum atomic E-state index is -0.154. The maximum Gasteiger partial charge on any atom is 0.256 e. The molecule has 3 heterocycles. The van der Waals surface area contributed by atoms with Gasteiger partial charge in [-0.15, -0.1) is 5.92 Å². The third kappa shape index (κ3) is 4.96. The highest BCUT2D eigenvalue weighted by atomic mass is 16.1. The highest BCUT2D eigenvalue weighted by molar-refractivity contribution is 6.04. The van der Waals surface area contributed by atoms with Gasteiger partial charge in [-0.05, 0) is 104 Å². The second kappa shape index (κ2) is 10.1. The van der Waals surface area contributed by atoms with Crippen LogP contribution in [0.4, 0.5) is 5.82 Å². The fourth-order valence-corrected chi connectivity index (χ4v) is 5.29. The largest absolute Gasteiger partial charge is 0.307 e. The number of fused-ring (bicyclic) bond motifs is 1. The first-order valence-electron chi connectivity index (χ1n) is 12.9. The van der Waals surface area contributed by atoms with Crippen LogP contribution in [0.5, 0.6) is 0 Å². The van der Waals surface area contributed by atoms with Gasteiger partial charge in [-0.3, -0.25) is 9.69 Å². The molecule has 1 unspecified atom stereocenters. The Labute approximate surface area is 217 Å². The van der Waals surface area contributed by atoms with Gasteiger partial charge < -0.3 is 5.32 Å². The highest BCUT2D eigenvalue weighted by Gasteiger charge is 2.28. The Kier molecular flexibility index (Phi) is 6.38. The molecule has 2 aromatic heterocycles. The van der Waals surface area contributed by atoms with Gasteiger partial charge in [0.05, 0.1) is 12.1 Å². The molecular weight excluding hydrogens is 458 g/mol. The van der Waals surface area contributed by atoms with E-state index in [9.17, 15) is 4.79 Å². The number of carbonyl (C=O) groups excluding carboxylic acids is 1. The summed E-state index contributed by atoms with van der Waals surface area (Å²) < 4.78 is 0. The number of aromatic nitrogens is 3. The maximum absolute atomic E-state index is 12.9. The second-order valence-electron chi connectivity index (χ2n) is 9.86. The van der Waals surface area contributed by atoms with Crippen LogP contribution < -0.4 is 5.32 Å². The number of nitrogens with one attached hydrogen (secondary N) is 1. The Morgan fingerprint density at radius 2 is 1.92 bits per heavy atom. The number of amides is 1. The van der Waals surface area contributed by atoms with Crippen molar-refractivity contribution in [2.24, 2.45) is 0 Å². The molecule has 0 radical (unpaired) electrons. The van der Waals surface area contributed by atoms with Gasteiger partial charge in [0.2, 0.25) is 0 Å². The normalized spacial score (nSPS) is 17.4. The summed E-state index contributed by atoms with van der Waals surface area (Å²) in [5.41, 5.74) is 6.21. The van der Waals surface area contributed by atoms with Crippen molar-refractivity contribution in [1.82, 2.24) is 19.9 Å². The lowest BCUT2D eigenvalue weighted by Crippen LogP contribution is -2.24. The van der Waals surface area contributed by atoms with Gasteiger partial charge in [-0.25, -0.2) is 15.0 Å². The van der Waals surface area contributed by atoms with Gasteiger partial charge in [0.15, 0.2) is 0 Å². The molecule has 6 nitrogen and oxygen atoms in total. The number of benzene rings is 2. The number of hydrogen-bond donors (Lipinski definition) is 1. The fraction of sp³-hybridized carbons (Fsp3) is 0.290. The molecule has 2 fully saturated rings. The molecule has 1 amide bonds. The molecule has 1 atom stereocenters. The number of pyridine rings is 1. The molecule has 1 saturated carbocycles. The van der Waals surface area contributed by atoms with E-state index in [0.717, 1.165) is 48.0 Å². The third-order valence-corrected chi connectivity index (χ3v) is 7.37. The minimum absolute atomic E-state index is 0.154. The molecule has 1 N–H and O–H groups in total. The van der Waals surface area contributed by atoms with E-state index >= 15 is 0 Å². The summed E-state index contributed by atoms with van der Waals surface area (Å²) in [6, 6.07) is 16.4.